The lowest BCUT2D eigenvalue weighted by atomic mass is 9.81. The third-order valence-electron chi connectivity index (χ3n) is 5.44. The predicted molar refractivity (Wildman–Crippen MR) is 95.9 cm³/mol. The lowest BCUT2D eigenvalue weighted by molar-refractivity contribution is -0.125. The Morgan fingerprint density at radius 2 is 1.96 bits per heavy atom. The fraction of sp³-hybridized carbons (Fsp3) is 0.300. The molecule has 27 heavy (non-hydrogen) atoms. The van der Waals surface area contributed by atoms with Gasteiger partial charge in [-0.2, -0.15) is 0 Å². The minimum absolute atomic E-state index is 0.149. The molecular weight excluding hydrogens is 352 g/mol. The summed E-state index contributed by atoms with van der Waals surface area (Å²) in [5.41, 5.74) is 6.53. The van der Waals surface area contributed by atoms with E-state index in [1.165, 1.54) is 17.0 Å². The zero-order valence-corrected chi connectivity index (χ0v) is 14.6. The minimum Gasteiger partial charge on any atom is -0.368 e. The molecule has 0 saturated carbocycles. The number of amides is 2. The number of carbonyl (C=O) groups is 2. The fourth-order valence-electron chi connectivity index (χ4n) is 4.22. The van der Waals surface area contributed by atoms with Crippen LogP contribution in [0.25, 0.3) is 0 Å². The van der Waals surface area contributed by atoms with Crippen molar-refractivity contribution in [3.63, 3.8) is 0 Å². The van der Waals surface area contributed by atoms with Crippen molar-refractivity contribution in [2.75, 3.05) is 24.5 Å². The third kappa shape index (κ3) is 2.88. The SMILES string of the molecule is NC(=O)CN1C(=O)[C@@]2(CCN(Cc3ccc(F)cc3F)C2)c2ccccc21. The van der Waals surface area contributed by atoms with E-state index in [0.717, 1.165) is 11.6 Å². The smallest absolute Gasteiger partial charge is 0.239 e. The molecule has 0 unspecified atom stereocenters. The second-order valence-corrected chi connectivity index (χ2v) is 7.15. The van der Waals surface area contributed by atoms with Gasteiger partial charge in [-0.1, -0.05) is 24.3 Å². The summed E-state index contributed by atoms with van der Waals surface area (Å²) in [5.74, 6) is -1.93. The number of carbonyl (C=O) groups excluding carboxylic acids is 2. The Labute approximate surface area is 155 Å². The van der Waals surface area contributed by atoms with Gasteiger partial charge in [0.05, 0.1) is 5.41 Å². The van der Waals surface area contributed by atoms with Crippen molar-refractivity contribution in [2.45, 2.75) is 18.4 Å². The van der Waals surface area contributed by atoms with E-state index in [2.05, 4.69) is 0 Å². The molecule has 2 heterocycles. The van der Waals surface area contributed by atoms with Gasteiger partial charge >= 0.3 is 0 Å². The summed E-state index contributed by atoms with van der Waals surface area (Å²) in [5, 5.41) is 0. The van der Waals surface area contributed by atoms with Crippen molar-refractivity contribution in [3.05, 3.63) is 65.2 Å². The van der Waals surface area contributed by atoms with Crippen LogP contribution in [0.2, 0.25) is 0 Å². The largest absolute Gasteiger partial charge is 0.368 e. The van der Waals surface area contributed by atoms with E-state index >= 15 is 0 Å². The van der Waals surface area contributed by atoms with Gasteiger partial charge in [-0.25, -0.2) is 8.78 Å². The molecule has 2 aromatic carbocycles. The summed E-state index contributed by atoms with van der Waals surface area (Å²) in [6.45, 7) is 1.14. The Bertz CT molecular complexity index is 933. The highest BCUT2D eigenvalue weighted by atomic mass is 19.1. The van der Waals surface area contributed by atoms with Gasteiger partial charge in [-0.15, -0.1) is 0 Å². The van der Waals surface area contributed by atoms with Crippen molar-refractivity contribution < 1.29 is 18.4 Å². The van der Waals surface area contributed by atoms with Crippen LogP contribution in [0, 0.1) is 11.6 Å². The van der Waals surface area contributed by atoms with Gasteiger partial charge in [0.15, 0.2) is 0 Å². The van der Waals surface area contributed by atoms with E-state index in [1.807, 2.05) is 29.2 Å². The molecule has 0 aromatic heterocycles. The number of hydrogen-bond donors (Lipinski definition) is 1. The average molecular weight is 371 g/mol. The molecule has 2 aliphatic rings. The maximum Gasteiger partial charge on any atom is 0.239 e. The second kappa shape index (κ2) is 6.42. The van der Waals surface area contributed by atoms with Gasteiger partial charge < -0.3 is 10.6 Å². The molecule has 2 aromatic rings. The number of rotatable bonds is 4. The van der Waals surface area contributed by atoms with Crippen LogP contribution >= 0.6 is 0 Å². The zero-order valence-electron chi connectivity index (χ0n) is 14.6. The van der Waals surface area contributed by atoms with Gasteiger partial charge in [0.2, 0.25) is 11.8 Å². The minimum atomic E-state index is -0.761. The maximum absolute atomic E-state index is 14.0. The first kappa shape index (κ1) is 17.6. The quantitative estimate of drug-likeness (QED) is 0.893. The summed E-state index contributed by atoms with van der Waals surface area (Å²) in [6, 6.07) is 10.9. The molecule has 0 bridgehead atoms. The fourth-order valence-corrected chi connectivity index (χ4v) is 4.22. The molecule has 1 spiro atoms. The maximum atomic E-state index is 14.0. The van der Waals surface area contributed by atoms with Crippen LogP contribution in [-0.4, -0.2) is 36.3 Å². The standard InChI is InChI=1S/C20H19F2N3O2/c21-14-6-5-13(16(22)9-14)10-24-8-7-20(12-24)15-3-1-2-4-17(15)25(19(20)27)11-18(23)26/h1-6,9H,7-8,10-12H2,(H2,23,26)/t20-/m1/s1. The Balaban J connectivity index is 1.62. The molecule has 0 aliphatic carbocycles. The highest BCUT2D eigenvalue weighted by Crippen LogP contribution is 2.47. The van der Waals surface area contributed by atoms with Crippen molar-refractivity contribution in [3.8, 4) is 0 Å². The summed E-state index contributed by atoms with van der Waals surface area (Å²) < 4.78 is 27.1. The number of halogens is 2. The van der Waals surface area contributed by atoms with Crippen molar-refractivity contribution in [1.82, 2.24) is 4.90 Å². The molecule has 2 N–H and O–H groups in total. The third-order valence-corrected chi connectivity index (χ3v) is 5.44. The summed E-state index contributed by atoms with van der Waals surface area (Å²) in [4.78, 5) is 28.1. The van der Waals surface area contributed by atoms with E-state index in [1.54, 1.807) is 0 Å². The highest BCUT2D eigenvalue weighted by molar-refractivity contribution is 6.11. The van der Waals surface area contributed by atoms with Crippen LogP contribution in [0.4, 0.5) is 14.5 Å². The first-order chi connectivity index (χ1) is 12.9. The first-order valence-electron chi connectivity index (χ1n) is 8.77. The molecule has 5 nitrogen and oxygen atoms in total. The highest BCUT2D eigenvalue weighted by Gasteiger charge is 2.54. The van der Waals surface area contributed by atoms with Crippen molar-refractivity contribution in [2.24, 2.45) is 5.73 Å². The van der Waals surface area contributed by atoms with Crippen LogP contribution < -0.4 is 10.6 Å². The number of hydrogen-bond acceptors (Lipinski definition) is 3. The van der Waals surface area contributed by atoms with Gasteiger partial charge in [0.1, 0.15) is 18.2 Å². The van der Waals surface area contributed by atoms with E-state index in [0.29, 0.717) is 37.3 Å². The molecule has 0 radical (unpaired) electrons. The number of likely N-dealkylation sites (tertiary alicyclic amines) is 1. The number of benzene rings is 2. The predicted octanol–water partition coefficient (Wildman–Crippen LogP) is 1.94. The number of primary amides is 1. The second-order valence-electron chi connectivity index (χ2n) is 7.15. The summed E-state index contributed by atoms with van der Waals surface area (Å²) in [7, 11) is 0. The van der Waals surface area contributed by atoms with Crippen LogP contribution in [0.5, 0.6) is 0 Å². The number of nitrogens with two attached hydrogens (primary N) is 1. The van der Waals surface area contributed by atoms with Gasteiger partial charge in [-0.3, -0.25) is 14.5 Å². The van der Waals surface area contributed by atoms with Crippen LogP contribution in [0.15, 0.2) is 42.5 Å². The Kier molecular flexibility index (Phi) is 4.19. The summed E-state index contributed by atoms with van der Waals surface area (Å²) >= 11 is 0. The van der Waals surface area contributed by atoms with Gasteiger partial charge in [-0.05, 0) is 30.7 Å². The molecule has 140 valence electrons. The van der Waals surface area contributed by atoms with E-state index in [4.69, 9.17) is 5.73 Å². The number of para-hydroxylation sites is 1. The van der Waals surface area contributed by atoms with Crippen LogP contribution in [0.1, 0.15) is 17.5 Å². The number of fused-ring (bicyclic) bond motifs is 2. The van der Waals surface area contributed by atoms with Crippen LogP contribution in [0.3, 0.4) is 0 Å². The molecule has 2 aliphatic heterocycles. The van der Waals surface area contributed by atoms with E-state index < -0.39 is 23.0 Å². The molecular formula is C20H19F2N3O2. The lowest BCUT2D eigenvalue weighted by Gasteiger charge is -2.24. The zero-order chi connectivity index (χ0) is 19.2. The Morgan fingerprint density at radius 1 is 1.19 bits per heavy atom. The Morgan fingerprint density at radius 3 is 2.70 bits per heavy atom. The van der Waals surface area contributed by atoms with Crippen molar-refractivity contribution >= 4 is 17.5 Å². The summed E-state index contributed by atoms with van der Waals surface area (Å²) in [6.07, 6.45) is 0.570. The molecule has 1 atom stereocenters. The lowest BCUT2D eigenvalue weighted by Crippen LogP contribution is -2.45. The number of anilines is 1. The van der Waals surface area contributed by atoms with Crippen molar-refractivity contribution in [1.29, 1.82) is 0 Å². The van der Waals surface area contributed by atoms with Gasteiger partial charge in [0, 0.05) is 30.4 Å². The molecule has 1 fully saturated rings. The topological polar surface area (TPSA) is 66.6 Å². The molecule has 7 heteroatoms. The van der Waals surface area contributed by atoms with Crippen LogP contribution in [-0.2, 0) is 21.5 Å². The molecule has 2 amide bonds. The molecule has 4 rings (SSSR count). The van der Waals surface area contributed by atoms with Gasteiger partial charge in [0.25, 0.3) is 0 Å². The molecule has 1 saturated heterocycles. The first-order valence-corrected chi connectivity index (χ1v) is 8.77. The monoisotopic (exact) mass is 371 g/mol. The Hall–Kier alpha value is -2.80. The normalized spacial score (nSPS) is 21.9. The van der Waals surface area contributed by atoms with E-state index in [9.17, 15) is 18.4 Å². The van der Waals surface area contributed by atoms with E-state index in [-0.39, 0.29) is 12.5 Å². The average Bonchev–Trinajstić information content (AvgIpc) is 3.14. The number of nitrogens with zero attached hydrogens (tertiary/aromatic N) is 2.